The van der Waals surface area contributed by atoms with Crippen LogP contribution in [0.5, 0.6) is 0 Å². The highest BCUT2D eigenvalue weighted by molar-refractivity contribution is 5.88. The summed E-state index contributed by atoms with van der Waals surface area (Å²) < 4.78 is 6.84. The van der Waals surface area contributed by atoms with Gasteiger partial charge in [-0.05, 0) is 46.5 Å². The Hall–Kier alpha value is -3.30. The van der Waals surface area contributed by atoms with Crippen LogP contribution in [0, 0.1) is 11.8 Å². The molecule has 4 aromatic carbocycles. The van der Waals surface area contributed by atoms with Crippen LogP contribution in [0.15, 0.2) is 84.9 Å². The summed E-state index contributed by atoms with van der Waals surface area (Å²) in [5.41, 5.74) is 1.94. The predicted octanol–water partition coefficient (Wildman–Crippen LogP) is 7.24. The molecule has 0 N–H and O–H groups in total. The second-order valence-electron chi connectivity index (χ2n) is 8.91. The van der Waals surface area contributed by atoms with Crippen molar-refractivity contribution in [3.63, 3.8) is 0 Å². The largest absolute Gasteiger partial charge is 0.364 e. The van der Waals surface area contributed by atoms with Gasteiger partial charge in [0.05, 0.1) is 12.2 Å². The van der Waals surface area contributed by atoms with Crippen LogP contribution < -0.4 is 0 Å². The number of carbonyl (C=O) groups excluding carboxylic acids is 2. The topological polar surface area (TPSA) is 43.4 Å². The average molecular weight is 439 g/mol. The summed E-state index contributed by atoms with van der Waals surface area (Å²) in [6.07, 6.45) is -0.973. The molecule has 0 radical (unpaired) electrons. The number of ether oxygens (including phenoxy) is 1. The third-order valence-corrected chi connectivity index (χ3v) is 6.74. The fourth-order valence-electron chi connectivity index (χ4n) is 4.50. The average Bonchev–Trinajstić information content (AvgIpc) is 2.83. The van der Waals surface area contributed by atoms with E-state index in [0.717, 1.165) is 32.7 Å². The normalized spacial score (nSPS) is 15.2. The Morgan fingerprint density at radius 1 is 0.576 bits per heavy atom. The van der Waals surface area contributed by atoms with Gasteiger partial charge in [-0.25, -0.2) is 0 Å². The van der Waals surface area contributed by atoms with Gasteiger partial charge in [-0.1, -0.05) is 98.8 Å². The highest BCUT2D eigenvalue weighted by atomic mass is 16.5. The third-order valence-electron chi connectivity index (χ3n) is 6.74. The van der Waals surface area contributed by atoms with E-state index in [2.05, 4.69) is 36.4 Å². The molecule has 0 amide bonds. The lowest BCUT2D eigenvalue weighted by atomic mass is 9.87. The van der Waals surface area contributed by atoms with Gasteiger partial charge in [-0.3, -0.25) is 9.59 Å². The first-order valence-corrected chi connectivity index (χ1v) is 11.5. The molecule has 4 unspecified atom stereocenters. The molecular weight excluding hydrogens is 408 g/mol. The molecule has 4 atom stereocenters. The molecule has 0 aromatic heterocycles. The molecule has 0 aliphatic rings. The molecule has 4 rings (SSSR count). The van der Waals surface area contributed by atoms with E-state index in [1.54, 1.807) is 13.8 Å². The molecule has 0 saturated carbocycles. The summed E-state index contributed by atoms with van der Waals surface area (Å²) in [6, 6.07) is 28.5. The fraction of sp³-hybridized carbons (Fsp3) is 0.267. The van der Waals surface area contributed by atoms with Crippen molar-refractivity contribution in [3.8, 4) is 0 Å². The summed E-state index contributed by atoms with van der Waals surface area (Å²) in [5.74, 6) is -0.625. The van der Waals surface area contributed by atoms with Gasteiger partial charge in [-0.2, -0.15) is 0 Å². The van der Waals surface area contributed by atoms with Crippen LogP contribution in [0.25, 0.3) is 21.5 Å². The molecule has 0 heterocycles. The van der Waals surface area contributed by atoms with E-state index in [1.165, 1.54) is 0 Å². The van der Waals surface area contributed by atoms with Crippen LogP contribution in [-0.2, 0) is 14.3 Å². The van der Waals surface area contributed by atoms with Crippen LogP contribution in [-0.4, -0.2) is 11.6 Å². The van der Waals surface area contributed by atoms with Gasteiger partial charge >= 0.3 is 0 Å². The SMILES string of the molecule is CC(=O)C(C)C(OC(c1cccc2ccccc12)C(C)C(C)=O)c1cccc2ccccc12. The van der Waals surface area contributed by atoms with Crippen molar-refractivity contribution in [3.05, 3.63) is 96.1 Å². The number of hydrogen-bond acceptors (Lipinski definition) is 3. The predicted molar refractivity (Wildman–Crippen MR) is 134 cm³/mol. The Bertz CT molecular complexity index is 1190. The minimum absolute atomic E-state index is 0.0556. The summed E-state index contributed by atoms with van der Waals surface area (Å²) in [6.45, 7) is 7.03. The molecule has 3 heteroatoms. The van der Waals surface area contributed by atoms with Crippen molar-refractivity contribution in [1.29, 1.82) is 0 Å². The maximum atomic E-state index is 12.6. The summed E-state index contributed by atoms with van der Waals surface area (Å²) in [5, 5.41) is 4.32. The second-order valence-corrected chi connectivity index (χ2v) is 8.91. The van der Waals surface area contributed by atoms with Crippen LogP contribution in [0.3, 0.4) is 0 Å². The molecule has 0 fully saturated rings. The zero-order chi connectivity index (χ0) is 23.5. The van der Waals surface area contributed by atoms with Crippen LogP contribution >= 0.6 is 0 Å². The number of Topliss-reactive ketones (excluding diaryl/α,β-unsaturated/α-hetero) is 2. The smallest absolute Gasteiger partial charge is 0.135 e. The minimum Gasteiger partial charge on any atom is -0.364 e. The number of rotatable bonds is 8. The standard InChI is InChI=1S/C30H30O3/c1-19(21(3)31)29(27-17-9-13-23-11-5-7-15-25(23)27)33-30(20(2)22(4)32)28-18-10-14-24-12-6-8-16-26(24)28/h5-20,29-30H,1-4H3. The van der Waals surface area contributed by atoms with Crippen LogP contribution in [0.4, 0.5) is 0 Å². The van der Waals surface area contributed by atoms with Crippen molar-refractivity contribution >= 4 is 33.1 Å². The number of fused-ring (bicyclic) bond motifs is 2. The van der Waals surface area contributed by atoms with E-state index in [1.807, 2.05) is 62.4 Å². The summed E-state index contributed by atoms with van der Waals surface area (Å²) >= 11 is 0. The fourth-order valence-corrected chi connectivity index (χ4v) is 4.50. The number of carbonyl (C=O) groups is 2. The van der Waals surface area contributed by atoms with E-state index in [4.69, 9.17) is 4.74 Å². The summed E-state index contributed by atoms with van der Waals surface area (Å²) in [7, 11) is 0. The Balaban J connectivity index is 1.88. The minimum atomic E-state index is -0.487. The Morgan fingerprint density at radius 2 is 0.939 bits per heavy atom. The van der Waals surface area contributed by atoms with Gasteiger partial charge in [-0.15, -0.1) is 0 Å². The Kier molecular flexibility index (Phi) is 6.71. The quantitative estimate of drug-likeness (QED) is 0.291. The van der Waals surface area contributed by atoms with E-state index < -0.39 is 12.2 Å². The maximum absolute atomic E-state index is 12.6. The van der Waals surface area contributed by atoms with Gasteiger partial charge in [0.25, 0.3) is 0 Å². The van der Waals surface area contributed by atoms with Crippen LogP contribution in [0.1, 0.15) is 51.0 Å². The molecule has 0 aliphatic carbocycles. The van der Waals surface area contributed by atoms with Crippen molar-refractivity contribution in [2.45, 2.75) is 39.9 Å². The molecule has 33 heavy (non-hydrogen) atoms. The Labute approximate surface area is 195 Å². The van der Waals surface area contributed by atoms with Gasteiger partial charge in [0, 0.05) is 11.8 Å². The van der Waals surface area contributed by atoms with Crippen molar-refractivity contribution < 1.29 is 14.3 Å². The first kappa shape index (κ1) is 22.9. The lowest BCUT2D eigenvalue weighted by molar-refractivity contribution is -0.135. The van der Waals surface area contributed by atoms with E-state index in [0.29, 0.717) is 0 Å². The zero-order valence-corrected chi connectivity index (χ0v) is 19.6. The molecule has 0 saturated heterocycles. The molecular formula is C30H30O3. The lowest BCUT2D eigenvalue weighted by Crippen LogP contribution is -2.27. The van der Waals surface area contributed by atoms with Crippen molar-refractivity contribution in [2.24, 2.45) is 11.8 Å². The Morgan fingerprint density at radius 3 is 1.33 bits per heavy atom. The molecule has 0 bridgehead atoms. The van der Waals surface area contributed by atoms with Crippen molar-refractivity contribution in [2.75, 3.05) is 0 Å². The van der Waals surface area contributed by atoms with E-state index in [-0.39, 0.29) is 23.4 Å². The maximum Gasteiger partial charge on any atom is 0.135 e. The highest BCUT2D eigenvalue weighted by Gasteiger charge is 2.33. The van der Waals surface area contributed by atoms with Gasteiger partial charge in [0.1, 0.15) is 11.6 Å². The van der Waals surface area contributed by atoms with E-state index in [9.17, 15) is 9.59 Å². The molecule has 3 nitrogen and oxygen atoms in total. The van der Waals surface area contributed by atoms with Gasteiger partial charge in [0.15, 0.2) is 0 Å². The molecule has 0 spiro atoms. The number of ketones is 2. The highest BCUT2D eigenvalue weighted by Crippen LogP contribution is 2.41. The van der Waals surface area contributed by atoms with E-state index >= 15 is 0 Å². The van der Waals surface area contributed by atoms with Crippen LogP contribution in [0.2, 0.25) is 0 Å². The zero-order valence-electron chi connectivity index (χ0n) is 19.6. The molecule has 4 aromatic rings. The number of benzene rings is 4. The molecule has 0 aliphatic heterocycles. The number of hydrogen-bond donors (Lipinski definition) is 0. The van der Waals surface area contributed by atoms with Gasteiger partial charge in [0.2, 0.25) is 0 Å². The third kappa shape index (κ3) is 4.60. The monoisotopic (exact) mass is 438 g/mol. The first-order chi connectivity index (χ1) is 15.9. The molecule has 168 valence electrons. The van der Waals surface area contributed by atoms with Gasteiger partial charge < -0.3 is 4.74 Å². The van der Waals surface area contributed by atoms with Crippen molar-refractivity contribution in [1.82, 2.24) is 0 Å². The first-order valence-electron chi connectivity index (χ1n) is 11.5. The lowest BCUT2D eigenvalue weighted by Gasteiger charge is -2.32. The second kappa shape index (κ2) is 9.68. The summed E-state index contributed by atoms with van der Waals surface area (Å²) in [4.78, 5) is 25.2.